The molecule has 0 aliphatic carbocycles. The molecular weight excluding hydrogens is 334 g/mol. The quantitative estimate of drug-likeness (QED) is 0.584. The van der Waals surface area contributed by atoms with E-state index in [-0.39, 0.29) is 17.6 Å². The van der Waals surface area contributed by atoms with Crippen LogP contribution in [0, 0.1) is 17.2 Å². The number of para-hydroxylation sites is 1. The van der Waals surface area contributed by atoms with Crippen LogP contribution in [0.1, 0.15) is 27.7 Å². The lowest BCUT2D eigenvalue weighted by Gasteiger charge is -2.27. The van der Waals surface area contributed by atoms with Crippen molar-refractivity contribution in [3.8, 4) is 6.07 Å². The number of anilines is 1. The predicted molar refractivity (Wildman–Crippen MR) is 101 cm³/mol. The summed E-state index contributed by atoms with van der Waals surface area (Å²) in [6.45, 7) is 8.31. The zero-order valence-electron chi connectivity index (χ0n) is 15.0. The van der Waals surface area contributed by atoms with Gasteiger partial charge in [0.05, 0.1) is 17.3 Å². The second-order valence-electron chi connectivity index (χ2n) is 6.21. The number of amides is 1. The maximum absolute atomic E-state index is 12.2. The standard InChI is InChI=1S/C18H23N5OS/c1-5-20-16-13-8-6-7-9-14(13)21-17(22-16)25-10-15(24)23-18(4,11-19)12(2)3/h6-9,12H,5,10H2,1-4H3,(H,23,24)(H,20,21,22)/t18-/m0/s1. The largest absolute Gasteiger partial charge is 0.370 e. The van der Waals surface area contributed by atoms with Crippen LogP contribution in [0.5, 0.6) is 0 Å². The van der Waals surface area contributed by atoms with Gasteiger partial charge >= 0.3 is 0 Å². The van der Waals surface area contributed by atoms with E-state index in [4.69, 9.17) is 0 Å². The fourth-order valence-electron chi connectivity index (χ4n) is 2.18. The smallest absolute Gasteiger partial charge is 0.231 e. The summed E-state index contributed by atoms with van der Waals surface area (Å²) in [4.78, 5) is 21.2. The highest BCUT2D eigenvalue weighted by atomic mass is 32.2. The Morgan fingerprint density at radius 3 is 2.72 bits per heavy atom. The lowest BCUT2D eigenvalue weighted by atomic mass is 9.90. The summed E-state index contributed by atoms with van der Waals surface area (Å²) in [6, 6.07) is 9.94. The molecule has 7 heteroatoms. The van der Waals surface area contributed by atoms with E-state index in [1.165, 1.54) is 11.8 Å². The van der Waals surface area contributed by atoms with Gasteiger partial charge in [0, 0.05) is 11.9 Å². The van der Waals surface area contributed by atoms with E-state index >= 15 is 0 Å². The molecule has 0 saturated carbocycles. The highest BCUT2D eigenvalue weighted by Crippen LogP contribution is 2.24. The molecule has 132 valence electrons. The van der Waals surface area contributed by atoms with Gasteiger partial charge in [-0.25, -0.2) is 9.97 Å². The van der Waals surface area contributed by atoms with Crippen LogP contribution in [0.25, 0.3) is 10.9 Å². The third-order valence-corrected chi connectivity index (χ3v) is 4.89. The van der Waals surface area contributed by atoms with Gasteiger partial charge in [-0.05, 0) is 31.9 Å². The Hall–Kier alpha value is -2.33. The molecule has 1 aromatic carbocycles. The van der Waals surface area contributed by atoms with Gasteiger partial charge in [-0.3, -0.25) is 4.79 Å². The second kappa shape index (κ2) is 8.17. The molecular formula is C18H23N5OS. The summed E-state index contributed by atoms with van der Waals surface area (Å²) in [5, 5.41) is 16.8. The monoisotopic (exact) mass is 357 g/mol. The van der Waals surface area contributed by atoms with Gasteiger partial charge in [-0.15, -0.1) is 0 Å². The van der Waals surface area contributed by atoms with Crippen LogP contribution in [0.4, 0.5) is 5.82 Å². The molecule has 0 radical (unpaired) electrons. The van der Waals surface area contributed by atoms with Crippen LogP contribution in [0.2, 0.25) is 0 Å². The van der Waals surface area contributed by atoms with Gasteiger partial charge in [0.1, 0.15) is 11.4 Å². The maximum Gasteiger partial charge on any atom is 0.231 e. The van der Waals surface area contributed by atoms with Gasteiger partial charge in [-0.1, -0.05) is 37.7 Å². The van der Waals surface area contributed by atoms with E-state index in [1.54, 1.807) is 6.92 Å². The van der Waals surface area contributed by atoms with E-state index in [2.05, 4.69) is 26.7 Å². The molecule has 2 aromatic rings. The Morgan fingerprint density at radius 2 is 2.08 bits per heavy atom. The highest BCUT2D eigenvalue weighted by molar-refractivity contribution is 7.99. The molecule has 6 nitrogen and oxygen atoms in total. The van der Waals surface area contributed by atoms with Crippen molar-refractivity contribution in [2.75, 3.05) is 17.6 Å². The van der Waals surface area contributed by atoms with Crippen LogP contribution >= 0.6 is 11.8 Å². The Labute approximate surface area is 152 Å². The zero-order chi connectivity index (χ0) is 18.4. The number of aromatic nitrogens is 2. The lowest BCUT2D eigenvalue weighted by molar-refractivity contribution is -0.120. The summed E-state index contributed by atoms with van der Waals surface area (Å²) in [5.41, 5.74) is -0.0445. The van der Waals surface area contributed by atoms with Crippen LogP contribution in [0.15, 0.2) is 29.4 Å². The molecule has 1 atom stereocenters. The number of hydrogen-bond acceptors (Lipinski definition) is 6. The van der Waals surface area contributed by atoms with Gasteiger partial charge in [-0.2, -0.15) is 5.26 Å². The van der Waals surface area contributed by atoms with Crippen molar-refractivity contribution < 1.29 is 4.79 Å². The molecule has 2 N–H and O–H groups in total. The molecule has 0 spiro atoms. The number of carbonyl (C=O) groups excluding carboxylic acids is 1. The van der Waals surface area contributed by atoms with E-state index in [0.29, 0.717) is 5.16 Å². The first-order valence-electron chi connectivity index (χ1n) is 8.25. The Kier molecular flexibility index (Phi) is 6.21. The van der Waals surface area contributed by atoms with E-state index in [1.807, 2.05) is 45.0 Å². The van der Waals surface area contributed by atoms with Crippen LogP contribution < -0.4 is 10.6 Å². The first-order chi connectivity index (χ1) is 11.9. The van der Waals surface area contributed by atoms with Crippen molar-refractivity contribution in [3.05, 3.63) is 24.3 Å². The molecule has 0 unspecified atom stereocenters. The minimum Gasteiger partial charge on any atom is -0.370 e. The second-order valence-corrected chi connectivity index (χ2v) is 7.15. The molecule has 0 bridgehead atoms. The Morgan fingerprint density at radius 1 is 1.36 bits per heavy atom. The summed E-state index contributed by atoms with van der Waals surface area (Å²) >= 11 is 1.26. The van der Waals surface area contributed by atoms with E-state index < -0.39 is 5.54 Å². The number of fused-ring (bicyclic) bond motifs is 1. The van der Waals surface area contributed by atoms with Crippen molar-refractivity contribution in [2.45, 2.75) is 38.4 Å². The molecule has 0 aliphatic rings. The average Bonchev–Trinajstić information content (AvgIpc) is 2.60. The molecule has 0 fully saturated rings. The van der Waals surface area contributed by atoms with Crippen molar-refractivity contribution in [3.63, 3.8) is 0 Å². The van der Waals surface area contributed by atoms with Gasteiger partial charge in [0.2, 0.25) is 5.91 Å². The van der Waals surface area contributed by atoms with Gasteiger partial charge in [0.25, 0.3) is 0 Å². The number of hydrogen-bond donors (Lipinski definition) is 2. The number of nitrogens with one attached hydrogen (secondary N) is 2. The normalized spacial score (nSPS) is 13.3. The molecule has 1 aromatic heterocycles. The minimum absolute atomic E-state index is 0.0173. The first kappa shape index (κ1) is 19.0. The fraction of sp³-hybridized carbons (Fsp3) is 0.444. The number of carbonyl (C=O) groups is 1. The Balaban J connectivity index is 2.13. The van der Waals surface area contributed by atoms with Crippen molar-refractivity contribution in [1.29, 1.82) is 5.26 Å². The maximum atomic E-state index is 12.2. The summed E-state index contributed by atoms with van der Waals surface area (Å²) < 4.78 is 0. The van der Waals surface area contributed by atoms with Crippen LogP contribution in [-0.2, 0) is 4.79 Å². The number of nitriles is 1. The number of rotatable bonds is 7. The summed E-state index contributed by atoms with van der Waals surface area (Å²) in [7, 11) is 0. The van der Waals surface area contributed by atoms with Crippen molar-refractivity contribution in [2.24, 2.45) is 5.92 Å². The number of benzene rings is 1. The summed E-state index contributed by atoms with van der Waals surface area (Å²) in [5.74, 6) is 0.738. The summed E-state index contributed by atoms with van der Waals surface area (Å²) in [6.07, 6.45) is 0. The number of thioether (sulfide) groups is 1. The molecule has 25 heavy (non-hydrogen) atoms. The van der Waals surface area contributed by atoms with Crippen LogP contribution in [-0.4, -0.2) is 33.7 Å². The Bertz CT molecular complexity index is 802. The van der Waals surface area contributed by atoms with Crippen molar-refractivity contribution >= 4 is 34.4 Å². The molecule has 0 saturated heterocycles. The topological polar surface area (TPSA) is 90.7 Å². The third-order valence-electron chi connectivity index (χ3n) is 4.05. The third kappa shape index (κ3) is 4.60. The van der Waals surface area contributed by atoms with E-state index in [0.717, 1.165) is 23.3 Å². The lowest BCUT2D eigenvalue weighted by Crippen LogP contribution is -2.49. The molecule has 2 rings (SSSR count). The van der Waals surface area contributed by atoms with Crippen LogP contribution in [0.3, 0.4) is 0 Å². The fourth-order valence-corrected chi connectivity index (χ4v) is 2.83. The highest BCUT2D eigenvalue weighted by Gasteiger charge is 2.29. The zero-order valence-corrected chi connectivity index (χ0v) is 15.8. The SMILES string of the molecule is CCNc1nc(SCC(=O)N[C@@](C)(C#N)C(C)C)nc2ccccc12. The molecule has 1 heterocycles. The van der Waals surface area contributed by atoms with Gasteiger partial charge in [0.15, 0.2) is 5.16 Å². The number of nitrogens with zero attached hydrogens (tertiary/aromatic N) is 3. The van der Waals surface area contributed by atoms with Gasteiger partial charge < -0.3 is 10.6 Å². The molecule has 0 aliphatic heterocycles. The average molecular weight is 357 g/mol. The molecule has 1 amide bonds. The van der Waals surface area contributed by atoms with Crippen molar-refractivity contribution in [1.82, 2.24) is 15.3 Å². The predicted octanol–water partition coefficient (Wildman–Crippen LogP) is 3.21. The first-order valence-corrected chi connectivity index (χ1v) is 9.24. The minimum atomic E-state index is -0.878. The van der Waals surface area contributed by atoms with E-state index in [9.17, 15) is 10.1 Å².